The van der Waals surface area contributed by atoms with Gasteiger partial charge in [0, 0.05) is 12.8 Å². The number of amides is 1. The van der Waals surface area contributed by atoms with Gasteiger partial charge in [-0.2, -0.15) is 0 Å². The van der Waals surface area contributed by atoms with Gasteiger partial charge in [0.15, 0.2) is 9.84 Å². The second-order valence-electron chi connectivity index (χ2n) is 5.93. The van der Waals surface area contributed by atoms with Gasteiger partial charge in [-0.25, -0.2) is 8.42 Å². The first-order valence-electron chi connectivity index (χ1n) is 6.74. The summed E-state index contributed by atoms with van der Waals surface area (Å²) < 4.78 is 28.2. The van der Waals surface area contributed by atoms with Crippen LogP contribution in [-0.2, 0) is 24.8 Å². The van der Waals surface area contributed by atoms with E-state index in [1.165, 1.54) is 7.11 Å². The van der Waals surface area contributed by atoms with E-state index in [2.05, 4.69) is 5.32 Å². The maximum atomic E-state index is 11.9. The molecule has 1 rings (SSSR count). The Morgan fingerprint density at radius 1 is 1.24 bits per heavy atom. The summed E-state index contributed by atoms with van der Waals surface area (Å²) in [5.74, 6) is -1.21. The van der Waals surface area contributed by atoms with Crippen molar-refractivity contribution in [2.45, 2.75) is 26.2 Å². The predicted octanol–water partition coefficient (Wildman–Crippen LogP) is 1.98. The molecule has 118 valence electrons. The van der Waals surface area contributed by atoms with Crippen LogP contribution in [0.15, 0.2) is 24.3 Å². The molecule has 0 radical (unpaired) electrons. The highest BCUT2D eigenvalue weighted by Crippen LogP contribution is 2.29. The third-order valence-corrected chi connectivity index (χ3v) is 4.45. The summed E-state index contributed by atoms with van der Waals surface area (Å²) in [6.45, 7) is 6.20. The Morgan fingerprint density at radius 3 is 2.43 bits per heavy atom. The molecule has 0 aliphatic carbocycles. The van der Waals surface area contributed by atoms with Gasteiger partial charge in [0.2, 0.25) is 5.91 Å². The van der Waals surface area contributed by atoms with Crippen LogP contribution in [-0.4, -0.2) is 39.5 Å². The summed E-state index contributed by atoms with van der Waals surface area (Å²) in [5, 5.41) is 2.69. The van der Waals surface area contributed by atoms with Crippen LogP contribution in [0.2, 0.25) is 0 Å². The number of rotatable bonds is 6. The van der Waals surface area contributed by atoms with E-state index < -0.39 is 21.5 Å². The van der Waals surface area contributed by atoms with Crippen molar-refractivity contribution in [3.05, 3.63) is 29.8 Å². The smallest absolute Gasteiger partial charge is 0.239 e. The van der Waals surface area contributed by atoms with E-state index in [0.29, 0.717) is 5.69 Å². The summed E-state index contributed by atoms with van der Waals surface area (Å²) in [7, 11) is -2.02. The van der Waals surface area contributed by atoms with Gasteiger partial charge < -0.3 is 10.1 Å². The maximum absolute atomic E-state index is 11.9. The molecule has 0 aliphatic heterocycles. The van der Waals surface area contributed by atoms with Gasteiger partial charge in [0.05, 0.1) is 12.4 Å². The molecule has 5 nitrogen and oxygen atoms in total. The molecule has 0 saturated heterocycles. The van der Waals surface area contributed by atoms with Crippen LogP contribution in [0.3, 0.4) is 0 Å². The molecule has 1 aromatic rings. The summed E-state index contributed by atoms with van der Waals surface area (Å²) in [5.41, 5.74) is 1.48. The zero-order valence-electron chi connectivity index (χ0n) is 13.0. The first-order chi connectivity index (χ1) is 9.65. The summed E-state index contributed by atoms with van der Waals surface area (Å²) in [6, 6.07) is 7.41. The minimum absolute atomic E-state index is 0.0915. The number of methoxy groups -OCH3 is 1. The van der Waals surface area contributed by atoms with Crippen molar-refractivity contribution >= 4 is 21.4 Å². The number of para-hydroxylation sites is 1. The minimum Gasteiger partial charge on any atom is -0.384 e. The molecule has 0 aliphatic rings. The number of carbonyl (C=O) groups excluding carboxylic acids is 1. The largest absolute Gasteiger partial charge is 0.384 e. The summed E-state index contributed by atoms with van der Waals surface area (Å²) in [4.78, 5) is 11.9. The second kappa shape index (κ2) is 7.04. The number of anilines is 1. The maximum Gasteiger partial charge on any atom is 0.239 e. The van der Waals surface area contributed by atoms with Gasteiger partial charge in [-0.05, 0) is 17.0 Å². The molecule has 0 atom stereocenters. The van der Waals surface area contributed by atoms with E-state index in [9.17, 15) is 13.2 Å². The molecule has 0 bridgehead atoms. The molecule has 0 aromatic heterocycles. The highest BCUT2D eigenvalue weighted by atomic mass is 32.2. The van der Waals surface area contributed by atoms with E-state index in [1.54, 1.807) is 6.07 Å². The van der Waals surface area contributed by atoms with Gasteiger partial charge >= 0.3 is 0 Å². The van der Waals surface area contributed by atoms with Crippen LogP contribution in [0.5, 0.6) is 0 Å². The lowest BCUT2D eigenvalue weighted by Gasteiger charge is -2.23. The fourth-order valence-electron chi connectivity index (χ4n) is 1.91. The Bertz CT molecular complexity index is 588. The highest BCUT2D eigenvalue weighted by molar-refractivity contribution is 7.92. The number of benzene rings is 1. The van der Waals surface area contributed by atoms with Crippen molar-refractivity contribution in [1.29, 1.82) is 0 Å². The van der Waals surface area contributed by atoms with Gasteiger partial charge in [-0.3, -0.25) is 4.79 Å². The number of sulfone groups is 1. The molecule has 1 N–H and O–H groups in total. The SMILES string of the molecule is COCCS(=O)(=O)CC(=O)Nc1ccccc1C(C)(C)C. The molecule has 21 heavy (non-hydrogen) atoms. The summed E-state index contributed by atoms with van der Waals surface area (Å²) in [6.07, 6.45) is 0. The summed E-state index contributed by atoms with van der Waals surface area (Å²) >= 11 is 0. The lowest BCUT2D eigenvalue weighted by Crippen LogP contribution is -2.27. The molecular weight excluding hydrogens is 290 g/mol. The molecule has 0 saturated carbocycles. The number of ether oxygens (including phenoxy) is 1. The number of carbonyl (C=O) groups is 1. The van der Waals surface area contributed by atoms with E-state index in [1.807, 2.05) is 39.0 Å². The lowest BCUT2D eigenvalue weighted by molar-refractivity contribution is -0.113. The molecule has 0 spiro atoms. The number of nitrogens with one attached hydrogen (secondary N) is 1. The Hall–Kier alpha value is -1.40. The number of hydrogen-bond acceptors (Lipinski definition) is 4. The van der Waals surface area contributed by atoms with Crippen molar-refractivity contribution in [2.24, 2.45) is 0 Å². The lowest BCUT2D eigenvalue weighted by atomic mass is 9.86. The highest BCUT2D eigenvalue weighted by Gasteiger charge is 2.21. The van der Waals surface area contributed by atoms with Crippen molar-refractivity contribution in [3.8, 4) is 0 Å². The normalized spacial score (nSPS) is 12.2. The average Bonchev–Trinajstić information content (AvgIpc) is 2.35. The minimum atomic E-state index is -3.45. The predicted molar refractivity (Wildman–Crippen MR) is 84.3 cm³/mol. The Kier molecular flexibility index (Phi) is 5.92. The van der Waals surface area contributed by atoms with E-state index in [4.69, 9.17) is 4.74 Å². The van der Waals surface area contributed by atoms with Crippen LogP contribution in [0.4, 0.5) is 5.69 Å². The standard InChI is InChI=1S/C15H23NO4S/c1-15(2,3)12-7-5-6-8-13(12)16-14(17)11-21(18,19)10-9-20-4/h5-8H,9-11H2,1-4H3,(H,16,17). The van der Waals surface area contributed by atoms with E-state index in [0.717, 1.165) is 5.56 Å². The van der Waals surface area contributed by atoms with Gasteiger partial charge in [0.25, 0.3) is 0 Å². The van der Waals surface area contributed by atoms with Crippen LogP contribution >= 0.6 is 0 Å². The quantitative estimate of drug-likeness (QED) is 0.871. The Morgan fingerprint density at radius 2 is 1.86 bits per heavy atom. The Labute approximate surface area is 126 Å². The van der Waals surface area contributed by atoms with Crippen LogP contribution in [0.1, 0.15) is 26.3 Å². The van der Waals surface area contributed by atoms with Gasteiger partial charge in [-0.1, -0.05) is 39.0 Å². The third-order valence-electron chi connectivity index (χ3n) is 2.96. The van der Waals surface area contributed by atoms with Crippen molar-refractivity contribution in [1.82, 2.24) is 0 Å². The molecule has 0 fully saturated rings. The number of hydrogen-bond donors (Lipinski definition) is 1. The second-order valence-corrected chi connectivity index (χ2v) is 8.11. The molecule has 1 amide bonds. The molecule has 0 heterocycles. The van der Waals surface area contributed by atoms with Crippen molar-refractivity contribution in [2.75, 3.05) is 30.5 Å². The van der Waals surface area contributed by atoms with Gasteiger partial charge in [0.1, 0.15) is 5.75 Å². The molecular formula is C15H23NO4S. The van der Waals surface area contributed by atoms with Crippen LogP contribution in [0.25, 0.3) is 0 Å². The topological polar surface area (TPSA) is 72.5 Å². The third kappa shape index (κ3) is 5.85. The zero-order chi connectivity index (χ0) is 16.1. The molecule has 6 heteroatoms. The first-order valence-corrected chi connectivity index (χ1v) is 8.56. The van der Waals surface area contributed by atoms with Crippen LogP contribution in [0, 0.1) is 0 Å². The van der Waals surface area contributed by atoms with E-state index >= 15 is 0 Å². The Balaban J connectivity index is 2.81. The fraction of sp³-hybridized carbons (Fsp3) is 0.533. The van der Waals surface area contributed by atoms with Crippen molar-refractivity contribution < 1.29 is 17.9 Å². The zero-order valence-corrected chi connectivity index (χ0v) is 13.8. The molecule has 1 aromatic carbocycles. The average molecular weight is 313 g/mol. The van der Waals surface area contributed by atoms with Crippen LogP contribution < -0.4 is 5.32 Å². The fourth-order valence-corrected chi connectivity index (χ4v) is 2.95. The van der Waals surface area contributed by atoms with E-state index in [-0.39, 0.29) is 17.8 Å². The van der Waals surface area contributed by atoms with Gasteiger partial charge in [-0.15, -0.1) is 0 Å². The molecule has 0 unspecified atom stereocenters. The first kappa shape index (κ1) is 17.7. The monoisotopic (exact) mass is 313 g/mol. The van der Waals surface area contributed by atoms with Crippen molar-refractivity contribution in [3.63, 3.8) is 0 Å².